The van der Waals surface area contributed by atoms with Crippen LogP contribution in [0.2, 0.25) is 0 Å². The van der Waals surface area contributed by atoms with Gasteiger partial charge in [0, 0.05) is 0 Å². The van der Waals surface area contributed by atoms with Crippen LogP contribution < -0.4 is 0 Å². The van der Waals surface area contributed by atoms with E-state index in [1.54, 1.807) is 0 Å². The van der Waals surface area contributed by atoms with Gasteiger partial charge in [-0.1, -0.05) is 0 Å². The average Bonchev–Trinajstić information content (AvgIpc) is 2.14. The van der Waals surface area contributed by atoms with E-state index in [2.05, 4.69) is 0 Å². The predicted octanol–water partition coefficient (Wildman–Crippen LogP) is 1.48. The Bertz CT molecular complexity index is 557. The lowest BCUT2D eigenvalue weighted by Gasteiger charge is -2.11. The third-order valence-corrected chi connectivity index (χ3v) is 2.46. The first-order valence-electron chi connectivity index (χ1n) is 3.73. The van der Waals surface area contributed by atoms with E-state index in [-0.39, 0.29) is 6.07 Å². The van der Waals surface area contributed by atoms with Gasteiger partial charge in [-0.15, -0.1) is 0 Å². The molecule has 0 aliphatic carbocycles. The van der Waals surface area contributed by atoms with Gasteiger partial charge >= 0.3 is 6.18 Å². The molecule has 0 aliphatic rings. The third kappa shape index (κ3) is 2.71. The molecular formula is C8H3F3NO3S-. The van der Waals surface area contributed by atoms with Crippen LogP contribution in [-0.4, -0.2) is 13.0 Å². The van der Waals surface area contributed by atoms with Crippen molar-refractivity contribution in [2.75, 3.05) is 0 Å². The van der Waals surface area contributed by atoms with E-state index < -0.39 is 32.3 Å². The minimum absolute atomic E-state index is 0.198. The van der Waals surface area contributed by atoms with Crippen LogP contribution in [0.3, 0.4) is 0 Å². The van der Waals surface area contributed by atoms with E-state index in [1.165, 1.54) is 6.07 Å². The van der Waals surface area contributed by atoms with Gasteiger partial charge in [-0.25, -0.2) is 8.42 Å². The van der Waals surface area contributed by atoms with Gasteiger partial charge in [0.15, 0.2) is 0 Å². The second kappa shape index (κ2) is 3.77. The number of benzene rings is 1. The Kier molecular flexibility index (Phi) is 2.94. The summed E-state index contributed by atoms with van der Waals surface area (Å²) in [6, 6.07) is 2.61. The molecule has 0 unspecified atom stereocenters. The fraction of sp³-hybridized carbons (Fsp3) is 0.125. The Morgan fingerprint density at radius 2 is 1.81 bits per heavy atom. The highest BCUT2D eigenvalue weighted by Gasteiger charge is 2.31. The van der Waals surface area contributed by atoms with Crippen LogP contribution in [0.4, 0.5) is 13.2 Å². The molecule has 0 fully saturated rings. The summed E-state index contributed by atoms with van der Waals surface area (Å²) in [6.45, 7) is 0. The summed E-state index contributed by atoms with van der Waals surface area (Å²) in [6.07, 6.45) is -4.81. The molecule has 0 atom stereocenters. The Morgan fingerprint density at radius 1 is 1.25 bits per heavy atom. The third-order valence-electron chi connectivity index (χ3n) is 1.65. The molecule has 0 saturated carbocycles. The van der Waals surface area contributed by atoms with Crippen LogP contribution >= 0.6 is 0 Å². The summed E-state index contributed by atoms with van der Waals surface area (Å²) in [4.78, 5) is -1.07. The van der Waals surface area contributed by atoms with Crippen molar-refractivity contribution in [3.8, 4) is 6.07 Å². The number of nitrogens with zero attached hydrogens (tertiary/aromatic N) is 1. The molecule has 0 spiro atoms. The molecule has 0 N–H and O–H groups in total. The number of hydrogen-bond donors (Lipinski definition) is 0. The van der Waals surface area contributed by atoms with Gasteiger partial charge in [-0.3, -0.25) is 0 Å². The molecule has 4 nitrogen and oxygen atoms in total. The summed E-state index contributed by atoms with van der Waals surface area (Å²) in [5.41, 5.74) is -1.88. The number of nitriles is 1. The van der Waals surface area contributed by atoms with Crippen LogP contribution in [0.1, 0.15) is 11.1 Å². The zero-order chi connectivity index (χ0) is 12.6. The monoisotopic (exact) mass is 250 g/mol. The zero-order valence-electron chi connectivity index (χ0n) is 7.45. The van der Waals surface area contributed by atoms with Crippen LogP contribution in [0.15, 0.2) is 23.1 Å². The maximum Gasteiger partial charge on any atom is 0.416 e. The van der Waals surface area contributed by atoms with Crippen molar-refractivity contribution in [3.05, 3.63) is 29.3 Å². The Labute approximate surface area is 88.7 Å². The highest BCUT2D eigenvalue weighted by molar-refractivity contribution is 7.85. The number of rotatable bonds is 1. The van der Waals surface area contributed by atoms with E-state index >= 15 is 0 Å². The molecule has 86 valence electrons. The molecule has 0 aliphatic heterocycles. The fourth-order valence-electron chi connectivity index (χ4n) is 0.972. The fourth-order valence-corrected chi connectivity index (χ4v) is 1.51. The second-order valence-corrected chi connectivity index (χ2v) is 4.19. The van der Waals surface area contributed by atoms with E-state index in [0.29, 0.717) is 12.1 Å². The molecule has 1 aromatic rings. The van der Waals surface area contributed by atoms with Gasteiger partial charge in [0.2, 0.25) is 0 Å². The lowest BCUT2D eigenvalue weighted by Crippen LogP contribution is -2.08. The van der Waals surface area contributed by atoms with Crippen molar-refractivity contribution in [1.29, 1.82) is 5.26 Å². The van der Waals surface area contributed by atoms with E-state index in [0.717, 1.165) is 0 Å². The van der Waals surface area contributed by atoms with E-state index in [9.17, 15) is 26.1 Å². The summed E-state index contributed by atoms with van der Waals surface area (Å²) < 4.78 is 68.4. The lowest BCUT2D eigenvalue weighted by molar-refractivity contribution is -0.137. The molecular weight excluding hydrogens is 247 g/mol. The molecule has 0 amide bonds. The summed E-state index contributed by atoms with van der Waals surface area (Å²) in [5, 5.41) is 8.40. The molecule has 0 heterocycles. The minimum Gasteiger partial charge on any atom is -0.744 e. The Morgan fingerprint density at radius 3 is 2.19 bits per heavy atom. The average molecular weight is 250 g/mol. The molecule has 0 bridgehead atoms. The summed E-state index contributed by atoms with van der Waals surface area (Å²) >= 11 is 0. The van der Waals surface area contributed by atoms with Crippen molar-refractivity contribution in [1.82, 2.24) is 0 Å². The predicted molar refractivity (Wildman–Crippen MR) is 44.1 cm³/mol. The van der Waals surface area contributed by atoms with Crippen LogP contribution in [0.5, 0.6) is 0 Å². The lowest BCUT2D eigenvalue weighted by atomic mass is 10.1. The van der Waals surface area contributed by atoms with Gasteiger partial charge in [-0.05, 0) is 18.2 Å². The molecule has 0 saturated heterocycles. The van der Waals surface area contributed by atoms with Crippen molar-refractivity contribution in [2.45, 2.75) is 11.1 Å². The first-order valence-corrected chi connectivity index (χ1v) is 5.13. The largest absolute Gasteiger partial charge is 0.744 e. The molecule has 1 aromatic carbocycles. The number of alkyl halides is 3. The van der Waals surface area contributed by atoms with Gasteiger partial charge < -0.3 is 4.55 Å². The van der Waals surface area contributed by atoms with Crippen molar-refractivity contribution in [2.24, 2.45) is 0 Å². The SMILES string of the molecule is N#Cc1cc(C(F)(F)F)cc(S(=O)(=O)[O-])c1. The van der Waals surface area contributed by atoms with Gasteiger partial charge in [0.25, 0.3) is 0 Å². The maximum absolute atomic E-state index is 12.3. The standard InChI is InChI=1S/C8H4F3NO3S/c9-8(10,11)6-1-5(4-12)2-7(3-6)16(13,14)15/h1-3H,(H,13,14,15)/p-1. The summed E-state index contributed by atoms with van der Waals surface area (Å²) in [7, 11) is -5.02. The van der Waals surface area contributed by atoms with Gasteiger partial charge in [0.1, 0.15) is 10.1 Å². The smallest absolute Gasteiger partial charge is 0.416 e. The van der Waals surface area contributed by atoms with E-state index in [4.69, 9.17) is 5.26 Å². The highest BCUT2D eigenvalue weighted by atomic mass is 32.2. The van der Waals surface area contributed by atoms with Gasteiger partial charge in [-0.2, -0.15) is 18.4 Å². The topological polar surface area (TPSA) is 81.0 Å². The Hall–Kier alpha value is -1.59. The van der Waals surface area contributed by atoms with E-state index in [1.807, 2.05) is 0 Å². The van der Waals surface area contributed by atoms with Crippen molar-refractivity contribution < 1.29 is 26.1 Å². The van der Waals surface area contributed by atoms with Crippen LogP contribution in [-0.2, 0) is 16.3 Å². The number of hydrogen-bond acceptors (Lipinski definition) is 4. The quantitative estimate of drug-likeness (QED) is 0.707. The Balaban J connectivity index is 3.53. The molecule has 8 heteroatoms. The zero-order valence-corrected chi connectivity index (χ0v) is 8.26. The first kappa shape index (κ1) is 12.5. The molecule has 16 heavy (non-hydrogen) atoms. The molecule has 0 aromatic heterocycles. The van der Waals surface area contributed by atoms with Crippen molar-refractivity contribution in [3.63, 3.8) is 0 Å². The molecule has 0 radical (unpaired) electrons. The summed E-state index contributed by atoms with van der Waals surface area (Å²) in [5.74, 6) is 0. The first-order chi connectivity index (χ1) is 7.14. The second-order valence-electron chi connectivity index (χ2n) is 2.81. The van der Waals surface area contributed by atoms with Crippen molar-refractivity contribution >= 4 is 10.1 Å². The van der Waals surface area contributed by atoms with Gasteiger partial charge in [0.05, 0.1) is 22.1 Å². The normalized spacial score (nSPS) is 12.2. The highest BCUT2D eigenvalue weighted by Crippen LogP contribution is 2.31. The number of halogens is 3. The maximum atomic E-state index is 12.3. The van der Waals surface area contributed by atoms with Crippen LogP contribution in [0.25, 0.3) is 0 Å². The molecule has 1 rings (SSSR count). The minimum atomic E-state index is -5.02. The van der Waals surface area contributed by atoms with Crippen LogP contribution in [0, 0.1) is 11.3 Å².